The topological polar surface area (TPSA) is 49.7 Å². The van der Waals surface area contributed by atoms with Crippen molar-refractivity contribution >= 4 is 0 Å². The van der Waals surface area contributed by atoms with Gasteiger partial charge in [0.25, 0.3) is 0 Å². The third-order valence-electron chi connectivity index (χ3n) is 5.28. The summed E-state index contributed by atoms with van der Waals surface area (Å²) in [5.74, 6) is 2.25. The first-order valence-electron chi connectivity index (χ1n) is 10.6. The van der Waals surface area contributed by atoms with Crippen LogP contribution in [0, 0.1) is 0 Å². The fourth-order valence-electron chi connectivity index (χ4n) is 3.62. The van der Waals surface area contributed by atoms with Gasteiger partial charge in [-0.05, 0) is 96.5 Å². The summed E-state index contributed by atoms with van der Waals surface area (Å²) in [6.07, 6.45) is 3.57. The van der Waals surface area contributed by atoms with Gasteiger partial charge in [-0.3, -0.25) is 0 Å². The van der Waals surface area contributed by atoms with Gasteiger partial charge in [-0.25, -0.2) is 0 Å². The van der Waals surface area contributed by atoms with Gasteiger partial charge >= 0.3 is 0 Å². The summed E-state index contributed by atoms with van der Waals surface area (Å²) in [6, 6.07) is 31.1. The number of hydrogen-bond acceptors (Lipinski definition) is 3. The predicted octanol–water partition coefficient (Wildman–Crippen LogP) is 6.46. The Hall–Kier alpha value is -3.72. The van der Waals surface area contributed by atoms with Crippen LogP contribution in [-0.4, -0.2) is 10.2 Å². The second-order valence-corrected chi connectivity index (χ2v) is 7.73. The Morgan fingerprint density at radius 1 is 0.452 bits per heavy atom. The van der Waals surface area contributed by atoms with Gasteiger partial charge in [-0.2, -0.15) is 0 Å². The van der Waals surface area contributed by atoms with E-state index in [0.717, 1.165) is 42.7 Å². The van der Waals surface area contributed by atoms with Crippen LogP contribution in [-0.2, 0) is 25.7 Å². The molecular weight excluding hydrogens is 384 g/mol. The molecule has 0 amide bonds. The van der Waals surface area contributed by atoms with E-state index in [1.165, 1.54) is 16.7 Å². The van der Waals surface area contributed by atoms with Gasteiger partial charge in [0.05, 0.1) is 0 Å². The predicted molar refractivity (Wildman–Crippen MR) is 124 cm³/mol. The van der Waals surface area contributed by atoms with E-state index >= 15 is 0 Å². The van der Waals surface area contributed by atoms with Crippen LogP contribution in [0.25, 0.3) is 0 Å². The van der Waals surface area contributed by atoms with E-state index < -0.39 is 0 Å². The van der Waals surface area contributed by atoms with Crippen LogP contribution in [0.4, 0.5) is 0 Å². The van der Waals surface area contributed by atoms with Crippen molar-refractivity contribution in [1.29, 1.82) is 0 Å². The standard InChI is InChI=1S/C28H26O3/c29-25-16-14-21(15-17-25)10-11-23-5-2-8-27(19-23)31-28-9-3-6-24(20-28)13-12-22-4-1-7-26(30)18-22/h1-9,14-20,29-30H,10-13H2. The van der Waals surface area contributed by atoms with Crippen molar-refractivity contribution in [2.24, 2.45) is 0 Å². The number of aromatic hydroxyl groups is 2. The van der Waals surface area contributed by atoms with E-state index in [1.807, 2.05) is 54.6 Å². The average Bonchev–Trinajstić information content (AvgIpc) is 2.78. The summed E-state index contributed by atoms with van der Waals surface area (Å²) >= 11 is 0. The highest BCUT2D eigenvalue weighted by atomic mass is 16.5. The third kappa shape index (κ3) is 6.13. The lowest BCUT2D eigenvalue weighted by Crippen LogP contribution is -1.94. The van der Waals surface area contributed by atoms with Gasteiger partial charge in [-0.1, -0.05) is 48.5 Å². The van der Waals surface area contributed by atoms with Crippen molar-refractivity contribution in [2.45, 2.75) is 25.7 Å². The molecule has 0 saturated heterocycles. The van der Waals surface area contributed by atoms with Crippen LogP contribution < -0.4 is 4.74 Å². The van der Waals surface area contributed by atoms with E-state index in [0.29, 0.717) is 11.5 Å². The van der Waals surface area contributed by atoms with Crippen molar-refractivity contribution in [1.82, 2.24) is 0 Å². The Balaban J connectivity index is 1.37. The molecule has 4 aromatic carbocycles. The highest BCUT2D eigenvalue weighted by Gasteiger charge is 2.03. The molecule has 0 aromatic heterocycles. The molecule has 2 N–H and O–H groups in total. The summed E-state index contributed by atoms with van der Waals surface area (Å²) in [5.41, 5.74) is 4.73. The first-order chi connectivity index (χ1) is 15.1. The minimum absolute atomic E-state index is 0.295. The second-order valence-electron chi connectivity index (χ2n) is 7.73. The van der Waals surface area contributed by atoms with Crippen LogP contribution >= 0.6 is 0 Å². The van der Waals surface area contributed by atoms with Gasteiger partial charge in [-0.15, -0.1) is 0 Å². The van der Waals surface area contributed by atoms with Crippen molar-refractivity contribution in [2.75, 3.05) is 0 Å². The minimum atomic E-state index is 0.295. The molecule has 4 rings (SSSR count). The number of rotatable bonds is 8. The first kappa shape index (κ1) is 20.5. The lowest BCUT2D eigenvalue weighted by molar-refractivity contribution is 0.474. The number of phenols is 2. The molecule has 3 nitrogen and oxygen atoms in total. The molecular formula is C28H26O3. The van der Waals surface area contributed by atoms with Crippen molar-refractivity contribution in [3.05, 3.63) is 119 Å². The molecule has 4 aromatic rings. The van der Waals surface area contributed by atoms with Crippen LogP contribution in [0.15, 0.2) is 97.1 Å². The Bertz CT molecular complexity index is 1130. The van der Waals surface area contributed by atoms with Gasteiger partial charge in [0.15, 0.2) is 0 Å². The van der Waals surface area contributed by atoms with Gasteiger partial charge in [0, 0.05) is 0 Å². The zero-order valence-electron chi connectivity index (χ0n) is 17.4. The Labute approximate surface area is 183 Å². The van der Waals surface area contributed by atoms with Gasteiger partial charge in [0.1, 0.15) is 23.0 Å². The summed E-state index contributed by atoms with van der Waals surface area (Å²) in [4.78, 5) is 0. The number of ether oxygens (including phenoxy) is 1. The van der Waals surface area contributed by atoms with Crippen molar-refractivity contribution < 1.29 is 14.9 Å². The molecule has 0 radical (unpaired) electrons. The third-order valence-corrected chi connectivity index (χ3v) is 5.28. The number of aryl methyl sites for hydroxylation is 4. The van der Waals surface area contributed by atoms with E-state index in [1.54, 1.807) is 18.2 Å². The quantitative estimate of drug-likeness (QED) is 0.350. The summed E-state index contributed by atoms with van der Waals surface area (Å²) in [5, 5.41) is 19.0. The molecule has 0 atom stereocenters. The highest BCUT2D eigenvalue weighted by molar-refractivity contribution is 5.37. The average molecular weight is 411 g/mol. The van der Waals surface area contributed by atoms with E-state index in [-0.39, 0.29) is 0 Å². The molecule has 31 heavy (non-hydrogen) atoms. The highest BCUT2D eigenvalue weighted by Crippen LogP contribution is 2.25. The molecule has 0 saturated carbocycles. The molecule has 0 fully saturated rings. The van der Waals surface area contributed by atoms with E-state index in [4.69, 9.17) is 4.74 Å². The maximum atomic E-state index is 9.62. The lowest BCUT2D eigenvalue weighted by Gasteiger charge is -2.10. The maximum absolute atomic E-state index is 9.62. The monoisotopic (exact) mass is 410 g/mol. The van der Waals surface area contributed by atoms with Crippen molar-refractivity contribution in [3.8, 4) is 23.0 Å². The Morgan fingerprint density at radius 3 is 1.48 bits per heavy atom. The molecule has 0 heterocycles. The van der Waals surface area contributed by atoms with Gasteiger partial charge in [0.2, 0.25) is 0 Å². The van der Waals surface area contributed by atoms with Crippen LogP contribution in [0.1, 0.15) is 22.3 Å². The molecule has 156 valence electrons. The van der Waals surface area contributed by atoms with Crippen LogP contribution in [0.3, 0.4) is 0 Å². The van der Waals surface area contributed by atoms with E-state index in [9.17, 15) is 10.2 Å². The number of benzene rings is 4. The summed E-state index contributed by atoms with van der Waals surface area (Å²) < 4.78 is 6.13. The number of hydrogen-bond donors (Lipinski definition) is 2. The molecule has 0 unspecified atom stereocenters. The fourth-order valence-corrected chi connectivity index (χ4v) is 3.62. The molecule has 0 bridgehead atoms. The normalized spacial score (nSPS) is 10.7. The zero-order valence-corrected chi connectivity index (χ0v) is 17.4. The molecule has 0 aliphatic carbocycles. The number of phenolic OH excluding ortho intramolecular Hbond substituents is 2. The summed E-state index contributed by atoms with van der Waals surface area (Å²) in [6.45, 7) is 0. The lowest BCUT2D eigenvalue weighted by atomic mass is 10.0. The van der Waals surface area contributed by atoms with Crippen LogP contribution in [0.2, 0.25) is 0 Å². The largest absolute Gasteiger partial charge is 0.508 e. The smallest absolute Gasteiger partial charge is 0.127 e. The second kappa shape index (κ2) is 9.86. The Kier molecular flexibility index (Phi) is 6.53. The van der Waals surface area contributed by atoms with Crippen LogP contribution in [0.5, 0.6) is 23.0 Å². The fraction of sp³-hybridized carbons (Fsp3) is 0.143. The molecule has 0 aliphatic heterocycles. The molecule has 0 aliphatic rings. The molecule has 0 spiro atoms. The van der Waals surface area contributed by atoms with E-state index in [2.05, 4.69) is 24.3 Å². The van der Waals surface area contributed by atoms with Gasteiger partial charge < -0.3 is 14.9 Å². The zero-order chi connectivity index (χ0) is 21.5. The summed E-state index contributed by atoms with van der Waals surface area (Å²) in [7, 11) is 0. The van der Waals surface area contributed by atoms with Crippen molar-refractivity contribution in [3.63, 3.8) is 0 Å². The SMILES string of the molecule is Oc1ccc(CCc2cccc(Oc3cccc(CCc4cccc(O)c4)c3)c2)cc1. The maximum Gasteiger partial charge on any atom is 0.127 e. The molecule has 3 heteroatoms. The minimum Gasteiger partial charge on any atom is -0.508 e. The first-order valence-corrected chi connectivity index (χ1v) is 10.6. The Morgan fingerprint density at radius 2 is 0.935 bits per heavy atom.